The van der Waals surface area contributed by atoms with Crippen molar-refractivity contribution in [2.45, 2.75) is 19.3 Å². The van der Waals surface area contributed by atoms with E-state index in [1.807, 2.05) is 12.2 Å². The van der Waals surface area contributed by atoms with Gasteiger partial charge in [0.1, 0.15) is 0 Å². The Hall–Kier alpha value is -3.03. The van der Waals surface area contributed by atoms with Crippen molar-refractivity contribution in [1.82, 2.24) is 4.90 Å². The molecule has 0 unspecified atom stereocenters. The van der Waals surface area contributed by atoms with Gasteiger partial charge in [-0.05, 0) is 25.0 Å². The largest absolute Gasteiger partial charge is 0.326 e. The van der Waals surface area contributed by atoms with Gasteiger partial charge in [-0.1, -0.05) is 12.2 Å². The maximum atomic E-state index is 12.3. The first-order chi connectivity index (χ1) is 12.0. The second-order valence-corrected chi connectivity index (χ2v) is 6.09. The van der Waals surface area contributed by atoms with Crippen molar-refractivity contribution in [3.8, 4) is 0 Å². The number of imide groups is 1. The first-order valence-electron chi connectivity index (χ1n) is 8.02. The molecule has 25 heavy (non-hydrogen) atoms. The average molecular weight is 343 g/mol. The lowest BCUT2D eigenvalue weighted by Gasteiger charge is -2.14. The summed E-state index contributed by atoms with van der Waals surface area (Å²) in [5, 5.41) is 13.2. The van der Waals surface area contributed by atoms with Gasteiger partial charge in [-0.25, -0.2) is 0 Å². The number of fused-ring (bicyclic) bond motifs is 1. The Kier molecular flexibility index (Phi) is 4.60. The number of carbonyl (C=O) groups excluding carboxylic acids is 3. The lowest BCUT2D eigenvalue weighted by molar-refractivity contribution is -0.384. The molecular weight excluding hydrogens is 326 g/mol. The van der Waals surface area contributed by atoms with Crippen molar-refractivity contribution in [2.75, 3.05) is 11.9 Å². The van der Waals surface area contributed by atoms with E-state index in [0.717, 1.165) is 0 Å². The van der Waals surface area contributed by atoms with Crippen LogP contribution in [0.1, 0.15) is 19.3 Å². The van der Waals surface area contributed by atoms with Crippen LogP contribution in [-0.2, 0) is 14.4 Å². The number of nitro groups is 1. The van der Waals surface area contributed by atoms with Crippen molar-refractivity contribution in [1.29, 1.82) is 0 Å². The molecule has 0 spiro atoms. The second-order valence-electron chi connectivity index (χ2n) is 6.09. The lowest BCUT2D eigenvalue weighted by Crippen LogP contribution is -2.34. The SMILES string of the molecule is O=C(CCN1C(=O)[C@@H]2CC=CC[C@H]2C1=O)Nc1ccc([N+](=O)[O-])cc1. The monoisotopic (exact) mass is 343 g/mol. The number of nitrogens with zero attached hydrogens (tertiary/aromatic N) is 2. The Morgan fingerprint density at radius 3 is 2.20 bits per heavy atom. The topological polar surface area (TPSA) is 110 Å². The molecule has 8 nitrogen and oxygen atoms in total. The van der Waals surface area contributed by atoms with Crippen LogP contribution in [0.15, 0.2) is 36.4 Å². The summed E-state index contributed by atoms with van der Waals surface area (Å²) >= 11 is 0. The van der Waals surface area contributed by atoms with Gasteiger partial charge in [0.05, 0.1) is 16.8 Å². The molecule has 0 radical (unpaired) electrons. The fraction of sp³-hybridized carbons (Fsp3) is 0.353. The number of hydrogen-bond donors (Lipinski definition) is 1. The molecule has 130 valence electrons. The molecule has 3 rings (SSSR count). The number of rotatable bonds is 5. The summed E-state index contributed by atoms with van der Waals surface area (Å²) < 4.78 is 0. The number of non-ortho nitro benzene ring substituents is 1. The standard InChI is InChI=1S/C17H17N3O5/c21-15(18-11-5-7-12(8-6-11)20(24)25)9-10-19-16(22)13-3-1-2-4-14(13)17(19)23/h1-2,5-8,13-14H,3-4,9-10H2,(H,18,21)/t13-,14-/m1/s1. The minimum Gasteiger partial charge on any atom is -0.326 e. The van der Waals surface area contributed by atoms with E-state index in [2.05, 4.69) is 5.32 Å². The molecule has 0 bridgehead atoms. The number of amides is 3. The third kappa shape index (κ3) is 3.42. The second kappa shape index (κ2) is 6.84. The zero-order valence-corrected chi connectivity index (χ0v) is 13.4. The van der Waals surface area contributed by atoms with Crippen LogP contribution in [0.4, 0.5) is 11.4 Å². The third-order valence-corrected chi connectivity index (χ3v) is 4.52. The van der Waals surface area contributed by atoms with E-state index in [-0.39, 0.29) is 48.2 Å². The van der Waals surface area contributed by atoms with Gasteiger partial charge >= 0.3 is 0 Å². The highest BCUT2D eigenvalue weighted by atomic mass is 16.6. The molecule has 2 atom stereocenters. The maximum Gasteiger partial charge on any atom is 0.269 e. The molecule has 1 heterocycles. The first-order valence-corrected chi connectivity index (χ1v) is 8.02. The molecule has 1 N–H and O–H groups in total. The summed E-state index contributed by atoms with van der Waals surface area (Å²) in [4.78, 5) is 47.9. The highest BCUT2D eigenvalue weighted by Crippen LogP contribution is 2.35. The van der Waals surface area contributed by atoms with Gasteiger partial charge in [-0.15, -0.1) is 0 Å². The number of nitro benzene ring substituents is 1. The molecule has 1 aromatic rings. The van der Waals surface area contributed by atoms with Gasteiger partial charge in [-0.3, -0.25) is 29.4 Å². The fourth-order valence-corrected chi connectivity index (χ4v) is 3.19. The van der Waals surface area contributed by atoms with Crippen LogP contribution in [0.5, 0.6) is 0 Å². The van der Waals surface area contributed by atoms with Crippen LogP contribution >= 0.6 is 0 Å². The van der Waals surface area contributed by atoms with E-state index in [4.69, 9.17) is 0 Å². The molecular formula is C17H17N3O5. The number of carbonyl (C=O) groups is 3. The molecule has 0 aromatic heterocycles. The van der Waals surface area contributed by atoms with Crippen LogP contribution < -0.4 is 5.32 Å². The van der Waals surface area contributed by atoms with Crippen LogP contribution in [0, 0.1) is 22.0 Å². The quantitative estimate of drug-likeness (QED) is 0.380. The van der Waals surface area contributed by atoms with E-state index in [9.17, 15) is 24.5 Å². The Labute approximate surface area is 143 Å². The minimum absolute atomic E-state index is 0.0126. The summed E-state index contributed by atoms with van der Waals surface area (Å²) in [6.45, 7) is 0.0451. The van der Waals surface area contributed by atoms with Crippen LogP contribution in [0.25, 0.3) is 0 Å². The lowest BCUT2D eigenvalue weighted by atomic mass is 9.85. The van der Waals surface area contributed by atoms with Gasteiger partial charge in [-0.2, -0.15) is 0 Å². The van der Waals surface area contributed by atoms with Gasteiger partial charge in [0.25, 0.3) is 5.69 Å². The van der Waals surface area contributed by atoms with E-state index >= 15 is 0 Å². The highest BCUT2D eigenvalue weighted by Gasteiger charge is 2.46. The Balaban J connectivity index is 1.55. The molecule has 1 aliphatic heterocycles. The number of anilines is 1. The maximum absolute atomic E-state index is 12.3. The summed E-state index contributed by atoms with van der Waals surface area (Å²) in [6.07, 6.45) is 4.96. The molecule has 1 aromatic carbocycles. The van der Waals surface area contributed by atoms with E-state index in [0.29, 0.717) is 18.5 Å². The number of nitrogens with one attached hydrogen (secondary N) is 1. The molecule has 1 aliphatic carbocycles. The molecule has 0 saturated carbocycles. The van der Waals surface area contributed by atoms with Crippen molar-refractivity contribution in [3.05, 3.63) is 46.5 Å². The smallest absolute Gasteiger partial charge is 0.269 e. The molecule has 1 saturated heterocycles. The summed E-state index contributed by atoms with van der Waals surface area (Å²) in [5.74, 6) is -1.36. The van der Waals surface area contributed by atoms with E-state index in [1.54, 1.807) is 0 Å². The molecule has 8 heteroatoms. The number of hydrogen-bond acceptors (Lipinski definition) is 5. The number of likely N-dealkylation sites (tertiary alicyclic amines) is 1. The Bertz CT molecular complexity index is 730. The van der Waals surface area contributed by atoms with Crippen LogP contribution in [0.2, 0.25) is 0 Å². The molecule has 2 aliphatic rings. The van der Waals surface area contributed by atoms with Crippen molar-refractivity contribution in [3.63, 3.8) is 0 Å². The Morgan fingerprint density at radius 2 is 1.68 bits per heavy atom. The molecule has 1 fully saturated rings. The predicted molar refractivity (Wildman–Crippen MR) is 88.4 cm³/mol. The predicted octanol–water partition coefficient (Wildman–Crippen LogP) is 1.87. The average Bonchev–Trinajstić information content (AvgIpc) is 2.85. The van der Waals surface area contributed by atoms with Gasteiger partial charge in [0.2, 0.25) is 17.7 Å². The zero-order valence-electron chi connectivity index (χ0n) is 13.4. The Morgan fingerprint density at radius 1 is 1.12 bits per heavy atom. The molecule has 3 amide bonds. The normalized spacial score (nSPS) is 22.0. The summed E-state index contributed by atoms with van der Waals surface area (Å²) in [6, 6.07) is 5.45. The van der Waals surface area contributed by atoms with E-state index < -0.39 is 4.92 Å². The summed E-state index contributed by atoms with van der Waals surface area (Å²) in [5.41, 5.74) is 0.356. The summed E-state index contributed by atoms with van der Waals surface area (Å²) in [7, 11) is 0. The third-order valence-electron chi connectivity index (χ3n) is 4.52. The number of benzene rings is 1. The van der Waals surface area contributed by atoms with Crippen molar-refractivity contribution < 1.29 is 19.3 Å². The van der Waals surface area contributed by atoms with Gasteiger partial charge in [0, 0.05) is 30.8 Å². The van der Waals surface area contributed by atoms with Crippen LogP contribution in [0.3, 0.4) is 0 Å². The van der Waals surface area contributed by atoms with Gasteiger partial charge < -0.3 is 5.32 Å². The highest BCUT2D eigenvalue weighted by molar-refractivity contribution is 6.05. The minimum atomic E-state index is -0.523. The number of allylic oxidation sites excluding steroid dienone is 2. The van der Waals surface area contributed by atoms with Gasteiger partial charge in [0.15, 0.2) is 0 Å². The van der Waals surface area contributed by atoms with Crippen molar-refractivity contribution in [2.24, 2.45) is 11.8 Å². The van der Waals surface area contributed by atoms with Crippen LogP contribution in [-0.4, -0.2) is 34.1 Å². The zero-order chi connectivity index (χ0) is 18.0. The first kappa shape index (κ1) is 16.8. The van der Waals surface area contributed by atoms with Crippen molar-refractivity contribution >= 4 is 29.1 Å². The fourth-order valence-electron chi connectivity index (χ4n) is 3.19. The van der Waals surface area contributed by atoms with E-state index in [1.165, 1.54) is 29.2 Å².